The first-order valence-corrected chi connectivity index (χ1v) is 3.89. The van der Waals surface area contributed by atoms with E-state index in [0.29, 0.717) is 0 Å². The highest BCUT2D eigenvalue weighted by molar-refractivity contribution is 6.22. The molecule has 1 aliphatic rings. The molecule has 0 spiro atoms. The Bertz CT molecular complexity index is 177. The van der Waals surface area contributed by atoms with Gasteiger partial charge in [0.25, 0.3) is 0 Å². The van der Waals surface area contributed by atoms with E-state index in [4.69, 9.17) is 11.6 Å². The maximum absolute atomic E-state index is 5.89. The van der Waals surface area contributed by atoms with E-state index in [1.807, 2.05) is 6.08 Å². The molecule has 0 fully saturated rings. The van der Waals surface area contributed by atoms with E-state index < -0.39 is 0 Å². The van der Waals surface area contributed by atoms with E-state index in [1.165, 1.54) is 5.57 Å². The molecule has 1 heteroatoms. The number of halogens is 1. The van der Waals surface area contributed by atoms with Crippen LogP contribution in [0.1, 0.15) is 12.8 Å². The van der Waals surface area contributed by atoms with Gasteiger partial charge in [-0.3, -0.25) is 0 Å². The predicted molar refractivity (Wildman–Crippen MR) is 46.3 cm³/mol. The molecule has 0 radical (unpaired) electrons. The van der Waals surface area contributed by atoms with Gasteiger partial charge in [-0.05, 0) is 18.4 Å². The fraction of sp³-hybridized carbons (Fsp3) is 0.333. The lowest BCUT2D eigenvalue weighted by Crippen LogP contribution is -1.97. The number of alkyl halides is 1. The summed E-state index contributed by atoms with van der Waals surface area (Å²) in [5.74, 6) is 0. The Labute approximate surface area is 66.9 Å². The summed E-state index contributed by atoms with van der Waals surface area (Å²) >= 11 is 5.89. The monoisotopic (exact) mass is 154 g/mol. The molecule has 1 atom stereocenters. The standard InChI is InChI=1S/C9H11Cl/c1-2-4-8-5-3-6-9(10)7-8/h2-3,5,7,9H,1,4,6H2. The number of hydrogen-bond acceptors (Lipinski definition) is 0. The molecule has 0 heterocycles. The molecule has 0 nitrogen and oxygen atoms in total. The van der Waals surface area contributed by atoms with E-state index in [2.05, 4.69) is 24.8 Å². The van der Waals surface area contributed by atoms with Gasteiger partial charge < -0.3 is 0 Å². The molecule has 10 heavy (non-hydrogen) atoms. The predicted octanol–water partition coefficient (Wildman–Crippen LogP) is 3.06. The van der Waals surface area contributed by atoms with Crippen LogP contribution in [-0.2, 0) is 0 Å². The van der Waals surface area contributed by atoms with Crippen LogP contribution in [0, 0.1) is 0 Å². The number of hydrogen-bond donors (Lipinski definition) is 0. The molecular formula is C9H11Cl. The van der Waals surface area contributed by atoms with Crippen molar-refractivity contribution in [3.05, 3.63) is 36.5 Å². The Kier molecular flexibility index (Phi) is 2.76. The average Bonchev–Trinajstić information content (AvgIpc) is 1.88. The summed E-state index contributed by atoms with van der Waals surface area (Å²) in [7, 11) is 0. The van der Waals surface area contributed by atoms with E-state index in [1.54, 1.807) is 0 Å². The first-order valence-electron chi connectivity index (χ1n) is 3.45. The number of allylic oxidation sites excluding steroid dienone is 5. The molecular weight excluding hydrogens is 144 g/mol. The third kappa shape index (κ3) is 2.03. The lowest BCUT2D eigenvalue weighted by molar-refractivity contribution is 1.01. The quantitative estimate of drug-likeness (QED) is 0.424. The molecule has 0 aromatic heterocycles. The minimum atomic E-state index is 0.194. The lowest BCUT2D eigenvalue weighted by Gasteiger charge is -2.08. The Morgan fingerprint density at radius 1 is 1.80 bits per heavy atom. The second-order valence-electron chi connectivity index (χ2n) is 2.39. The summed E-state index contributed by atoms with van der Waals surface area (Å²) < 4.78 is 0. The Morgan fingerprint density at radius 3 is 3.20 bits per heavy atom. The highest BCUT2D eigenvalue weighted by Gasteiger charge is 2.03. The van der Waals surface area contributed by atoms with Gasteiger partial charge in [-0.25, -0.2) is 0 Å². The molecule has 1 rings (SSSR count). The van der Waals surface area contributed by atoms with Crippen LogP contribution >= 0.6 is 11.6 Å². The van der Waals surface area contributed by atoms with Crippen molar-refractivity contribution >= 4 is 11.6 Å². The lowest BCUT2D eigenvalue weighted by atomic mass is 10.0. The summed E-state index contributed by atoms with van der Waals surface area (Å²) in [4.78, 5) is 0. The molecule has 0 bridgehead atoms. The zero-order chi connectivity index (χ0) is 7.40. The van der Waals surface area contributed by atoms with Crippen molar-refractivity contribution in [3.8, 4) is 0 Å². The number of rotatable bonds is 2. The highest BCUT2D eigenvalue weighted by atomic mass is 35.5. The molecule has 0 aromatic carbocycles. The molecule has 0 amide bonds. The largest absolute Gasteiger partial charge is 0.118 e. The first kappa shape index (κ1) is 7.62. The van der Waals surface area contributed by atoms with Crippen molar-refractivity contribution < 1.29 is 0 Å². The van der Waals surface area contributed by atoms with Gasteiger partial charge in [-0.2, -0.15) is 0 Å². The van der Waals surface area contributed by atoms with Gasteiger partial charge in [-0.15, -0.1) is 18.2 Å². The molecule has 0 saturated carbocycles. The second-order valence-corrected chi connectivity index (χ2v) is 2.95. The fourth-order valence-electron chi connectivity index (χ4n) is 1.01. The molecule has 1 unspecified atom stereocenters. The van der Waals surface area contributed by atoms with Crippen LogP contribution in [0.15, 0.2) is 36.5 Å². The van der Waals surface area contributed by atoms with Crippen molar-refractivity contribution in [1.82, 2.24) is 0 Å². The Hall–Kier alpha value is -0.490. The van der Waals surface area contributed by atoms with Crippen LogP contribution < -0.4 is 0 Å². The SMILES string of the molecule is C=CCC1=CC(Cl)CC=C1. The summed E-state index contributed by atoms with van der Waals surface area (Å²) in [6.07, 6.45) is 10.1. The van der Waals surface area contributed by atoms with Gasteiger partial charge in [0.15, 0.2) is 0 Å². The van der Waals surface area contributed by atoms with Crippen molar-refractivity contribution in [3.63, 3.8) is 0 Å². The summed E-state index contributed by atoms with van der Waals surface area (Å²) in [5, 5.41) is 0.194. The van der Waals surface area contributed by atoms with Gasteiger partial charge in [0.1, 0.15) is 0 Å². The zero-order valence-corrected chi connectivity index (χ0v) is 6.64. The summed E-state index contributed by atoms with van der Waals surface area (Å²) in [5.41, 5.74) is 1.28. The third-order valence-electron chi connectivity index (χ3n) is 1.47. The minimum absolute atomic E-state index is 0.194. The second kappa shape index (κ2) is 3.62. The topological polar surface area (TPSA) is 0 Å². The van der Waals surface area contributed by atoms with Crippen molar-refractivity contribution in [1.29, 1.82) is 0 Å². The van der Waals surface area contributed by atoms with E-state index in [0.717, 1.165) is 12.8 Å². The Balaban J connectivity index is 2.57. The van der Waals surface area contributed by atoms with Gasteiger partial charge in [0, 0.05) is 0 Å². The normalized spacial score (nSPS) is 24.1. The van der Waals surface area contributed by atoms with Gasteiger partial charge in [0.2, 0.25) is 0 Å². The molecule has 1 aliphatic carbocycles. The van der Waals surface area contributed by atoms with Gasteiger partial charge in [-0.1, -0.05) is 24.3 Å². The van der Waals surface area contributed by atoms with Crippen molar-refractivity contribution in [2.24, 2.45) is 0 Å². The van der Waals surface area contributed by atoms with Crippen LogP contribution in [0.4, 0.5) is 0 Å². The van der Waals surface area contributed by atoms with E-state index in [-0.39, 0.29) is 5.38 Å². The molecule has 0 aromatic rings. The van der Waals surface area contributed by atoms with Crippen LogP contribution in [-0.4, -0.2) is 5.38 Å². The highest BCUT2D eigenvalue weighted by Crippen LogP contribution is 2.17. The maximum Gasteiger partial charge on any atom is 0.0556 e. The van der Waals surface area contributed by atoms with Crippen molar-refractivity contribution in [2.45, 2.75) is 18.2 Å². The smallest absolute Gasteiger partial charge is 0.0556 e. The van der Waals surface area contributed by atoms with Crippen LogP contribution in [0.2, 0.25) is 0 Å². The van der Waals surface area contributed by atoms with E-state index >= 15 is 0 Å². The summed E-state index contributed by atoms with van der Waals surface area (Å²) in [6, 6.07) is 0. The van der Waals surface area contributed by atoms with Gasteiger partial charge >= 0.3 is 0 Å². The fourth-order valence-corrected chi connectivity index (χ4v) is 1.27. The molecule has 0 N–H and O–H groups in total. The van der Waals surface area contributed by atoms with Crippen LogP contribution in [0.3, 0.4) is 0 Å². The molecule has 0 saturated heterocycles. The van der Waals surface area contributed by atoms with Crippen molar-refractivity contribution in [2.75, 3.05) is 0 Å². The summed E-state index contributed by atoms with van der Waals surface area (Å²) in [6.45, 7) is 3.66. The van der Waals surface area contributed by atoms with E-state index in [9.17, 15) is 0 Å². The minimum Gasteiger partial charge on any atom is -0.118 e. The van der Waals surface area contributed by atoms with Crippen LogP contribution in [0.5, 0.6) is 0 Å². The first-order chi connectivity index (χ1) is 4.83. The third-order valence-corrected chi connectivity index (χ3v) is 1.77. The van der Waals surface area contributed by atoms with Gasteiger partial charge in [0.05, 0.1) is 5.38 Å². The Morgan fingerprint density at radius 2 is 2.60 bits per heavy atom. The van der Waals surface area contributed by atoms with Crippen LogP contribution in [0.25, 0.3) is 0 Å². The zero-order valence-electron chi connectivity index (χ0n) is 5.89. The molecule has 54 valence electrons. The maximum atomic E-state index is 5.89. The average molecular weight is 155 g/mol. The molecule has 0 aliphatic heterocycles.